The molecule has 0 atom stereocenters. The Morgan fingerprint density at radius 1 is 1.00 bits per heavy atom. The van der Waals surface area contributed by atoms with Crippen LogP contribution in [-0.4, -0.2) is 39.4 Å². The minimum Gasteiger partial charge on any atom is -0.497 e. The molecule has 0 radical (unpaired) electrons. The van der Waals surface area contributed by atoms with Gasteiger partial charge in [0.25, 0.3) is 5.91 Å². The van der Waals surface area contributed by atoms with E-state index in [1.807, 2.05) is 29.1 Å². The van der Waals surface area contributed by atoms with Crippen molar-refractivity contribution in [2.75, 3.05) is 23.5 Å². The van der Waals surface area contributed by atoms with E-state index in [0.29, 0.717) is 27.8 Å². The van der Waals surface area contributed by atoms with Gasteiger partial charge in [-0.1, -0.05) is 17.8 Å². The molecule has 4 rings (SSSR count). The average Bonchev–Trinajstić information content (AvgIpc) is 3.49. The Morgan fingerprint density at radius 2 is 1.70 bits per heavy atom. The Morgan fingerprint density at radius 3 is 2.33 bits per heavy atom. The molecule has 0 saturated carbocycles. The van der Waals surface area contributed by atoms with Gasteiger partial charge in [0.1, 0.15) is 5.75 Å². The summed E-state index contributed by atoms with van der Waals surface area (Å²) in [6, 6.07) is 17.8. The maximum absolute atomic E-state index is 12.4. The number of benzene rings is 2. The van der Waals surface area contributed by atoms with Crippen molar-refractivity contribution in [1.29, 1.82) is 0 Å². The van der Waals surface area contributed by atoms with Crippen LogP contribution in [0.15, 0.2) is 71.2 Å². The van der Waals surface area contributed by atoms with Crippen LogP contribution in [0.1, 0.15) is 10.4 Å². The van der Waals surface area contributed by atoms with Crippen molar-refractivity contribution in [2.45, 2.75) is 5.16 Å². The standard InChI is InChI=1S/C23H21N5O3S2/c1-28-21(19-4-3-13-32-19)26-27-23(28)33-14-20(29)24-16-7-9-17(10-8-16)25-22(30)15-5-11-18(31-2)12-6-15/h3-13H,14H2,1-2H3,(H,24,29)(H,25,30). The summed E-state index contributed by atoms with van der Waals surface area (Å²) in [5.74, 6) is 1.28. The number of nitrogens with zero attached hydrogens (tertiary/aromatic N) is 3. The number of hydrogen-bond acceptors (Lipinski definition) is 7. The minimum absolute atomic E-state index is 0.157. The Labute approximate surface area is 199 Å². The number of thioether (sulfide) groups is 1. The number of carbonyl (C=O) groups is 2. The van der Waals surface area contributed by atoms with E-state index in [0.717, 1.165) is 10.7 Å². The highest BCUT2D eigenvalue weighted by Crippen LogP contribution is 2.26. The molecular formula is C23H21N5O3S2. The molecule has 2 N–H and O–H groups in total. The molecule has 8 nitrogen and oxygen atoms in total. The van der Waals surface area contributed by atoms with E-state index in [2.05, 4.69) is 20.8 Å². The molecule has 0 aliphatic rings. The molecule has 168 valence electrons. The number of aromatic nitrogens is 3. The summed E-state index contributed by atoms with van der Waals surface area (Å²) in [6.07, 6.45) is 0. The van der Waals surface area contributed by atoms with Gasteiger partial charge in [-0.05, 0) is 60.0 Å². The molecule has 0 saturated heterocycles. The summed E-state index contributed by atoms with van der Waals surface area (Å²) in [7, 11) is 3.46. The first-order valence-electron chi connectivity index (χ1n) is 9.95. The number of anilines is 2. The van der Waals surface area contributed by atoms with E-state index in [1.165, 1.54) is 11.8 Å². The van der Waals surface area contributed by atoms with Gasteiger partial charge in [-0.3, -0.25) is 9.59 Å². The zero-order valence-corrected chi connectivity index (χ0v) is 19.6. The third-order valence-electron chi connectivity index (χ3n) is 4.69. The van der Waals surface area contributed by atoms with Crippen molar-refractivity contribution in [3.05, 3.63) is 71.6 Å². The van der Waals surface area contributed by atoms with E-state index in [9.17, 15) is 9.59 Å². The molecule has 0 bridgehead atoms. The highest BCUT2D eigenvalue weighted by molar-refractivity contribution is 7.99. The SMILES string of the molecule is COc1ccc(C(=O)Nc2ccc(NC(=O)CSc3nnc(-c4cccs4)n3C)cc2)cc1. The predicted octanol–water partition coefficient (Wildman–Crippen LogP) is 4.54. The number of nitrogens with one attached hydrogen (secondary N) is 2. The lowest BCUT2D eigenvalue weighted by Crippen LogP contribution is -2.15. The third kappa shape index (κ3) is 5.60. The van der Waals surface area contributed by atoms with Crippen LogP contribution in [0.25, 0.3) is 10.7 Å². The van der Waals surface area contributed by atoms with Crippen molar-refractivity contribution in [3.63, 3.8) is 0 Å². The van der Waals surface area contributed by atoms with Gasteiger partial charge in [-0.15, -0.1) is 21.5 Å². The molecule has 33 heavy (non-hydrogen) atoms. The fourth-order valence-electron chi connectivity index (χ4n) is 2.97. The first kappa shape index (κ1) is 22.6. The Kier molecular flexibility index (Phi) is 7.06. The summed E-state index contributed by atoms with van der Waals surface area (Å²) in [6.45, 7) is 0. The monoisotopic (exact) mass is 479 g/mol. The van der Waals surface area contributed by atoms with E-state index >= 15 is 0 Å². The van der Waals surface area contributed by atoms with E-state index in [4.69, 9.17) is 4.74 Å². The summed E-state index contributed by atoms with van der Waals surface area (Å²) < 4.78 is 6.98. The number of rotatable bonds is 8. The summed E-state index contributed by atoms with van der Waals surface area (Å²) in [5.41, 5.74) is 1.79. The summed E-state index contributed by atoms with van der Waals surface area (Å²) in [5, 5.41) is 16.7. The van der Waals surface area contributed by atoms with Crippen molar-refractivity contribution in [3.8, 4) is 16.5 Å². The normalized spacial score (nSPS) is 10.6. The molecule has 2 aromatic heterocycles. The quantitative estimate of drug-likeness (QED) is 0.360. The average molecular weight is 480 g/mol. The van der Waals surface area contributed by atoms with Crippen LogP contribution in [0.3, 0.4) is 0 Å². The van der Waals surface area contributed by atoms with Gasteiger partial charge in [0.05, 0.1) is 17.7 Å². The first-order chi connectivity index (χ1) is 16.0. The van der Waals surface area contributed by atoms with Gasteiger partial charge in [-0.25, -0.2) is 0 Å². The number of hydrogen-bond donors (Lipinski definition) is 2. The number of carbonyl (C=O) groups excluding carboxylic acids is 2. The zero-order chi connectivity index (χ0) is 23.2. The summed E-state index contributed by atoms with van der Waals surface area (Å²) in [4.78, 5) is 25.8. The molecule has 2 amide bonds. The second-order valence-electron chi connectivity index (χ2n) is 6.94. The topological polar surface area (TPSA) is 98.1 Å². The summed E-state index contributed by atoms with van der Waals surface area (Å²) >= 11 is 2.91. The molecule has 0 aliphatic heterocycles. The van der Waals surface area contributed by atoms with Crippen LogP contribution in [-0.2, 0) is 11.8 Å². The van der Waals surface area contributed by atoms with Crippen molar-refractivity contribution in [2.24, 2.45) is 7.05 Å². The van der Waals surface area contributed by atoms with Gasteiger partial charge in [0.15, 0.2) is 11.0 Å². The van der Waals surface area contributed by atoms with E-state index in [-0.39, 0.29) is 17.6 Å². The predicted molar refractivity (Wildman–Crippen MR) is 131 cm³/mol. The molecule has 2 heterocycles. The lowest BCUT2D eigenvalue weighted by molar-refractivity contribution is -0.113. The van der Waals surface area contributed by atoms with Gasteiger partial charge >= 0.3 is 0 Å². The van der Waals surface area contributed by atoms with E-state index < -0.39 is 0 Å². The Balaban J connectivity index is 1.29. The Hall–Kier alpha value is -3.63. The number of thiophene rings is 1. The van der Waals surface area contributed by atoms with Gasteiger partial charge in [0.2, 0.25) is 5.91 Å². The highest BCUT2D eigenvalue weighted by Gasteiger charge is 2.14. The van der Waals surface area contributed by atoms with Crippen LogP contribution in [0.5, 0.6) is 5.75 Å². The third-order valence-corrected chi connectivity index (χ3v) is 6.57. The maximum Gasteiger partial charge on any atom is 0.255 e. The molecule has 0 fully saturated rings. The fraction of sp³-hybridized carbons (Fsp3) is 0.130. The van der Waals surface area contributed by atoms with Crippen LogP contribution in [0.2, 0.25) is 0 Å². The first-order valence-corrected chi connectivity index (χ1v) is 11.8. The lowest BCUT2D eigenvalue weighted by Gasteiger charge is -2.08. The van der Waals surface area contributed by atoms with Crippen LogP contribution < -0.4 is 15.4 Å². The largest absolute Gasteiger partial charge is 0.497 e. The van der Waals surface area contributed by atoms with Crippen molar-refractivity contribution in [1.82, 2.24) is 14.8 Å². The minimum atomic E-state index is -0.226. The van der Waals surface area contributed by atoms with Crippen LogP contribution >= 0.6 is 23.1 Å². The Bertz CT molecular complexity index is 1240. The number of amides is 2. The smallest absolute Gasteiger partial charge is 0.255 e. The molecule has 0 aliphatic carbocycles. The number of methoxy groups -OCH3 is 1. The molecule has 4 aromatic rings. The molecule has 10 heteroatoms. The fourth-order valence-corrected chi connectivity index (χ4v) is 4.43. The van der Waals surface area contributed by atoms with Crippen molar-refractivity contribution >= 4 is 46.3 Å². The molecular weight excluding hydrogens is 458 g/mol. The molecule has 0 spiro atoms. The second kappa shape index (κ2) is 10.3. The van der Waals surface area contributed by atoms with Crippen molar-refractivity contribution < 1.29 is 14.3 Å². The van der Waals surface area contributed by atoms with Gasteiger partial charge in [0, 0.05) is 24.0 Å². The molecule has 2 aromatic carbocycles. The van der Waals surface area contributed by atoms with Crippen LogP contribution in [0, 0.1) is 0 Å². The van der Waals surface area contributed by atoms with Gasteiger partial charge < -0.3 is 19.9 Å². The van der Waals surface area contributed by atoms with Crippen LogP contribution in [0.4, 0.5) is 11.4 Å². The maximum atomic E-state index is 12.4. The highest BCUT2D eigenvalue weighted by atomic mass is 32.2. The molecule has 0 unspecified atom stereocenters. The van der Waals surface area contributed by atoms with E-state index in [1.54, 1.807) is 67.0 Å². The van der Waals surface area contributed by atoms with Gasteiger partial charge in [-0.2, -0.15) is 0 Å². The zero-order valence-electron chi connectivity index (χ0n) is 17.9. The lowest BCUT2D eigenvalue weighted by atomic mass is 10.2. The second-order valence-corrected chi connectivity index (χ2v) is 8.83. The number of ether oxygens (including phenoxy) is 1.